The minimum atomic E-state index is -3.14. The Morgan fingerprint density at radius 1 is 0.400 bits per heavy atom. The van der Waals surface area contributed by atoms with Crippen molar-refractivity contribution in [2.45, 2.75) is 52.4 Å². The highest BCUT2D eigenvalue weighted by Gasteiger charge is 2.30. The van der Waals surface area contributed by atoms with Crippen LogP contribution < -0.4 is 15.9 Å². The van der Waals surface area contributed by atoms with Gasteiger partial charge in [-0.25, -0.2) is 0 Å². The lowest BCUT2D eigenvalue weighted by atomic mass is 9.85. The molecular weight excluding hydrogens is 503 g/mol. The van der Waals surface area contributed by atoms with Crippen LogP contribution in [0.4, 0.5) is 0 Å². The highest BCUT2D eigenvalue weighted by molar-refractivity contribution is 7.85. The molecule has 202 valence electrons. The molecule has 0 saturated heterocycles. The van der Waals surface area contributed by atoms with Crippen molar-refractivity contribution in [3.63, 3.8) is 0 Å². The van der Waals surface area contributed by atoms with E-state index < -0.39 is 7.14 Å². The minimum absolute atomic E-state index is 0.0800. The molecule has 0 spiro atoms. The molecule has 5 aromatic carbocycles. The third kappa shape index (κ3) is 5.63. The van der Waals surface area contributed by atoms with Crippen LogP contribution >= 0.6 is 7.14 Å². The molecule has 0 unspecified atom stereocenters. The van der Waals surface area contributed by atoms with Crippen LogP contribution in [0.15, 0.2) is 127 Å². The highest BCUT2D eigenvalue weighted by Crippen LogP contribution is 2.44. The first-order chi connectivity index (χ1) is 19.0. The molecule has 5 aromatic rings. The first-order valence-corrected chi connectivity index (χ1v) is 15.8. The van der Waals surface area contributed by atoms with Gasteiger partial charge in [-0.05, 0) is 62.4 Å². The molecule has 5 rings (SSSR count). The summed E-state index contributed by atoms with van der Waals surface area (Å²) in [6.07, 6.45) is 0. The molecule has 2 heteroatoms. The van der Waals surface area contributed by atoms with Gasteiger partial charge in [-0.15, -0.1) is 0 Å². The molecule has 0 aromatic heterocycles. The van der Waals surface area contributed by atoms with Gasteiger partial charge in [0.2, 0.25) is 0 Å². The Bertz CT molecular complexity index is 1520. The lowest BCUT2D eigenvalue weighted by Gasteiger charge is -2.23. The molecule has 0 heterocycles. The van der Waals surface area contributed by atoms with E-state index in [0.717, 1.165) is 38.2 Å². The van der Waals surface area contributed by atoms with Gasteiger partial charge in [0.25, 0.3) is 0 Å². The quantitative estimate of drug-likeness (QED) is 0.202. The average Bonchev–Trinajstić information content (AvgIpc) is 2.96. The van der Waals surface area contributed by atoms with Gasteiger partial charge in [-0.3, -0.25) is 0 Å². The maximum atomic E-state index is 15.4. The van der Waals surface area contributed by atoms with Crippen LogP contribution in [-0.4, -0.2) is 0 Å². The molecule has 0 N–H and O–H groups in total. The fraction of sp³-hybridized carbons (Fsp3) is 0.211. The van der Waals surface area contributed by atoms with Crippen LogP contribution in [-0.2, 0) is 15.4 Å². The maximum Gasteiger partial charge on any atom is 0.171 e. The standard InChI is InChI=1S/C38H39OP/c1-37(2,3)32-21-17-28(18-22-32)30-25-31(29-19-23-33(24-20-29)38(4,5)6)27-36(26-30)40(39,34-13-9-7-10-14-34)35-15-11-8-12-16-35/h7-27H,1-6H3. The predicted octanol–water partition coefficient (Wildman–Crippen LogP) is 9.26. The largest absolute Gasteiger partial charge is 0.309 e. The smallest absolute Gasteiger partial charge is 0.171 e. The van der Waals surface area contributed by atoms with Gasteiger partial charge < -0.3 is 4.57 Å². The van der Waals surface area contributed by atoms with E-state index in [-0.39, 0.29) is 10.8 Å². The van der Waals surface area contributed by atoms with Crippen LogP contribution in [0, 0.1) is 0 Å². The van der Waals surface area contributed by atoms with Gasteiger partial charge in [0, 0.05) is 15.9 Å². The molecule has 0 atom stereocenters. The summed E-state index contributed by atoms with van der Waals surface area (Å²) >= 11 is 0. The van der Waals surface area contributed by atoms with Crippen molar-refractivity contribution in [1.29, 1.82) is 0 Å². The van der Waals surface area contributed by atoms with E-state index in [0.29, 0.717) is 0 Å². The normalized spacial score (nSPS) is 12.3. The van der Waals surface area contributed by atoms with Gasteiger partial charge in [-0.2, -0.15) is 0 Å². The predicted molar refractivity (Wildman–Crippen MR) is 174 cm³/mol. The number of benzene rings is 5. The van der Waals surface area contributed by atoms with Crippen molar-refractivity contribution in [3.8, 4) is 22.3 Å². The zero-order chi connectivity index (χ0) is 28.5. The Balaban J connectivity index is 1.75. The van der Waals surface area contributed by atoms with Crippen LogP contribution in [0.1, 0.15) is 52.7 Å². The van der Waals surface area contributed by atoms with Crippen molar-refractivity contribution in [2.75, 3.05) is 0 Å². The zero-order valence-corrected chi connectivity index (χ0v) is 25.4. The van der Waals surface area contributed by atoms with Gasteiger partial charge in [0.1, 0.15) is 0 Å². The molecule has 0 fully saturated rings. The second kappa shape index (κ2) is 10.7. The van der Waals surface area contributed by atoms with Crippen molar-refractivity contribution in [1.82, 2.24) is 0 Å². The summed E-state index contributed by atoms with van der Waals surface area (Å²) in [5, 5.41) is 2.53. The Morgan fingerprint density at radius 3 is 1.07 bits per heavy atom. The highest BCUT2D eigenvalue weighted by atomic mass is 31.2. The summed E-state index contributed by atoms with van der Waals surface area (Å²) < 4.78 is 15.4. The van der Waals surface area contributed by atoms with Crippen molar-refractivity contribution in [3.05, 3.63) is 139 Å². The summed E-state index contributed by atoms with van der Waals surface area (Å²) in [5.41, 5.74) is 7.13. The first-order valence-electron chi connectivity index (χ1n) is 14.0. The molecule has 0 amide bonds. The van der Waals surface area contributed by atoms with E-state index in [1.807, 2.05) is 60.7 Å². The van der Waals surface area contributed by atoms with Gasteiger partial charge in [0.05, 0.1) is 0 Å². The molecule has 40 heavy (non-hydrogen) atoms. The fourth-order valence-corrected chi connectivity index (χ4v) is 7.89. The summed E-state index contributed by atoms with van der Waals surface area (Å²) in [5.74, 6) is 0. The van der Waals surface area contributed by atoms with E-state index in [2.05, 4.69) is 108 Å². The molecule has 0 saturated carbocycles. The monoisotopic (exact) mass is 542 g/mol. The zero-order valence-electron chi connectivity index (χ0n) is 24.5. The third-order valence-corrected chi connectivity index (χ3v) is 10.7. The third-order valence-electron chi connectivity index (χ3n) is 7.69. The lowest BCUT2D eigenvalue weighted by Crippen LogP contribution is -2.25. The lowest BCUT2D eigenvalue weighted by molar-refractivity contribution is 0.590. The van der Waals surface area contributed by atoms with Crippen LogP contribution in [0.5, 0.6) is 0 Å². The summed E-state index contributed by atoms with van der Waals surface area (Å²) in [6, 6.07) is 44.0. The summed E-state index contributed by atoms with van der Waals surface area (Å²) in [7, 11) is -3.14. The summed E-state index contributed by atoms with van der Waals surface area (Å²) in [4.78, 5) is 0. The van der Waals surface area contributed by atoms with E-state index in [4.69, 9.17) is 0 Å². The molecule has 0 aliphatic rings. The van der Waals surface area contributed by atoms with E-state index >= 15 is 4.57 Å². The van der Waals surface area contributed by atoms with Crippen molar-refractivity contribution >= 4 is 23.1 Å². The second-order valence-electron chi connectivity index (χ2n) is 12.7. The van der Waals surface area contributed by atoms with Crippen molar-refractivity contribution < 1.29 is 4.57 Å². The van der Waals surface area contributed by atoms with Gasteiger partial charge >= 0.3 is 0 Å². The Hall–Kier alpha value is -3.67. The molecule has 0 aliphatic carbocycles. The summed E-state index contributed by atoms with van der Waals surface area (Å²) in [6.45, 7) is 13.4. The minimum Gasteiger partial charge on any atom is -0.309 e. The van der Waals surface area contributed by atoms with Gasteiger partial charge in [-0.1, -0.05) is 151 Å². The number of hydrogen-bond acceptors (Lipinski definition) is 1. The van der Waals surface area contributed by atoms with E-state index in [9.17, 15) is 0 Å². The van der Waals surface area contributed by atoms with Crippen LogP contribution in [0.3, 0.4) is 0 Å². The molecular formula is C38H39OP. The number of hydrogen-bond donors (Lipinski definition) is 0. The van der Waals surface area contributed by atoms with E-state index in [1.165, 1.54) is 11.1 Å². The fourth-order valence-electron chi connectivity index (χ4n) is 5.17. The van der Waals surface area contributed by atoms with Crippen molar-refractivity contribution in [2.24, 2.45) is 0 Å². The maximum absolute atomic E-state index is 15.4. The van der Waals surface area contributed by atoms with Gasteiger partial charge in [0.15, 0.2) is 7.14 Å². The number of rotatable bonds is 5. The molecule has 0 bridgehead atoms. The first kappa shape index (κ1) is 27.9. The van der Waals surface area contributed by atoms with E-state index in [1.54, 1.807) is 0 Å². The Kier molecular flexibility index (Phi) is 7.47. The topological polar surface area (TPSA) is 17.1 Å². The molecule has 0 aliphatic heterocycles. The Labute approximate surface area is 240 Å². The molecule has 0 radical (unpaired) electrons. The van der Waals surface area contributed by atoms with Crippen LogP contribution in [0.2, 0.25) is 0 Å². The molecule has 1 nitrogen and oxygen atoms in total. The SMILES string of the molecule is CC(C)(C)c1ccc(-c2cc(-c3ccc(C(C)(C)C)cc3)cc(P(=O)(c3ccccc3)c3ccccc3)c2)cc1. The Morgan fingerprint density at radius 2 is 0.750 bits per heavy atom. The average molecular weight is 543 g/mol. The second-order valence-corrected chi connectivity index (χ2v) is 15.5. The van der Waals surface area contributed by atoms with Crippen LogP contribution in [0.25, 0.3) is 22.3 Å².